The van der Waals surface area contributed by atoms with E-state index in [1.807, 2.05) is 0 Å². The molecule has 0 amide bonds. The van der Waals surface area contributed by atoms with E-state index in [1.54, 1.807) is 6.92 Å². The normalized spacial score (nSPS) is 16.9. The first-order valence-corrected chi connectivity index (χ1v) is 7.93. The van der Waals surface area contributed by atoms with Crippen LogP contribution in [0.3, 0.4) is 0 Å². The fourth-order valence-electron chi connectivity index (χ4n) is 1.83. The van der Waals surface area contributed by atoms with Gasteiger partial charge in [0.25, 0.3) is 0 Å². The molecule has 1 aliphatic rings. The molecular formula is C13H14F3NO5S. The minimum Gasteiger partial charge on any atom is -0.494 e. The molecule has 2 rings (SSSR count). The highest BCUT2D eigenvalue weighted by Gasteiger charge is 2.50. The Morgan fingerprint density at radius 3 is 2.52 bits per heavy atom. The van der Waals surface area contributed by atoms with Gasteiger partial charge in [-0.1, -0.05) is 0 Å². The van der Waals surface area contributed by atoms with Gasteiger partial charge in [-0.3, -0.25) is 0 Å². The van der Waals surface area contributed by atoms with Gasteiger partial charge in [-0.15, -0.1) is 0 Å². The molecule has 0 radical (unpaired) electrons. The standard InChI is InChI=1S/C13H14F3NO5S/c1-4-20-8-5-6-9-10(7-8)21-12(2,3)17-11(9)22-23(18,19)13(14,15)16/h5-7H,4H2,1-3H3. The average Bonchev–Trinajstić information content (AvgIpc) is 2.35. The Morgan fingerprint density at radius 1 is 1.30 bits per heavy atom. The summed E-state index contributed by atoms with van der Waals surface area (Å²) in [6.45, 7) is 5.04. The van der Waals surface area contributed by atoms with Gasteiger partial charge in [0.05, 0.1) is 12.2 Å². The van der Waals surface area contributed by atoms with E-state index in [9.17, 15) is 21.6 Å². The van der Waals surface area contributed by atoms with Crippen molar-refractivity contribution in [3.05, 3.63) is 23.8 Å². The van der Waals surface area contributed by atoms with Gasteiger partial charge in [0, 0.05) is 6.07 Å². The first-order chi connectivity index (χ1) is 10.5. The lowest BCUT2D eigenvalue weighted by molar-refractivity contribution is -0.0506. The minimum absolute atomic E-state index is 0.0133. The molecule has 0 aromatic heterocycles. The van der Waals surface area contributed by atoms with Gasteiger partial charge in [0.2, 0.25) is 5.90 Å². The summed E-state index contributed by atoms with van der Waals surface area (Å²) in [5.74, 6) is -0.151. The third-order valence-corrected chi connectivity index (χ3v) is 3.64. The summed E-state index contributed by atoms with van der Waals surface area (Å²) in [4.78, 5) is 3.78. The topological polar surface area (TPSA) is 74.2 Å². The number of ether oxygens (including phenoxy) is 2. The first kappa shape index (κ1) is 17.4. The number of alkyl halides is 3. The van der Waals surface area contributed by atoms with Crippen LogP contribution < -0.4 is 9.47 Å². The molecule has 6 nitrogen and oxygen atoms in total. The number of fused-ring (bicyclic) bond motifs is 1. The Hall–Kier alpha value is -1.97. The summed E-state index contributed by atoms with van der Waals surface area (Å²) in [6, 6.07) is 4.20. The lowest BCUT2D eigenvalue weighted by Gasteiger charge is -2.29. The molecule has 0 fully saturated rings. The zero-order chi connectivity index (χ0) is 17.5. The third kappa shape index (κ3) is 3.69. The van der Waals surface area contributed by atoms with Crippen molar-refractivity contribution in [1.82, 2.24) is 0 Å². The molecule has 1 aromatic rings. The zero-order valence-corrected chi connectivity index (χ0v) is 13.3. The molecule has 1 heterocycles. The molecule has 23 heavy (non-hydrogen) atoms. The van der Waals surface area contributed by atoms with Crippen molar-refractivity contribution < 1.29 is 35.2 Å². The van der Waals surface area contributed by atoms with Crippen molar-refractivity contribution >= 4 is 16.0 Å². The quantitative estimate of drug-likeness (QED) is 0.617. The maximum atomic E-state index is 12.5. The Morgan fingerprint density at radius 2 is 1.96 bits per heavy atom. The molecule has 0 aliphatic carbocycles. The summed E-state index contributed by atoms with van der Waals surface area (Å²) in [5.41, 5.74) is -6.86. The monoisotopic (exact) mass is 353 g/mol. The molecule has 10 heteroatoms. The van der Waals surface area contributed by atoms with E-state index in [-0.39, 0.29) is 11.3 Å². The minimum atomic E-state index is -5.83. The maximum absolute atomic E-state index is 12.5. The van der Waals surface area contributed by atoms with Gasteiger partial charge in [-0.25, -0.2) is 4.99 Å². The van der Waals surface area contributed by atoms with Crippen LogP contribution in [0, 0.1) is 0 Å². The van der Waals surface area contributed by atoms with Crippen LogP contribution in [-0.2, 0) is 14.3 Å². The van der Waals surface area contributed by atoms with Crippen molar-refractivity contribution in [3.8, 4) is 11.5 Å². The second kappa shape index (κ2) is 5.59. The molecule has 1 aromatic carbocycles. The van der Waals surface area contributed by atoms with E-state index < -0.39 is 27.2 Å². The Bertz CT molecular complexity index is 740. The predicted octanol–water partition coefficient (Wildman–Crippen LogP) is 2.83. The number of halogens is 3. The van der Waals surface area contributed by atoms with Gasteiger partial charge in [0.1, 0.15) is 11.5 Å². The summed E-state index contributed by atoms with van der Waals surface area (Å²) in [6.07, 6.45) is 0. The second-order valence-corrected chi connectivity index (χ2v) is 6.58. The van der Waals surface area contributed by atoms with Crippen LogP contribution in [0.25, 0.3) is 0 Å². The lowest BCUT2D eigenvalue weighted by atomic mass is 10.1. The van der Waals surface area contributed by atoms with E-state index in [4.69, 9.17) is 9.47 Å². The zero-order valence-electron chi connectivity index (χ0n) is 12.5. The Labute approximate surface area is 131 Å². The average molecular weight is 353 g/mol. The van der Waals surface area contributed by atoms with Crippen LogP contribution in [0.1, 0.15) is 26.3 Å². The van der Waals surface area contributed by atoms with Crippen LogP contribution in [-0.4, -0.2) is 32.2 Å². The number of hydrogen-bond donors (Lipinski definition) is 0. The van der Waals surface area contributed by atoms with Crippen LogP contribution in [0.15, 0.2) is 23.2 Å². The molecule has 0 saturated carbocycles. The highest BCUT2D eigenvalue weighted by molar-refractivity contribution is 7.88. The number of rotatable bonds is 3. The number of aliphatic imine (C=N–C) groups is 1. The number of nitrogens with zero attached hydrogens (tertiary/aromatic N) is 1. The van der Waals surface area contributed by atoms with Gasteiger partial charge >= 0.3 is 15.6 Å². The SMILES string of the molecule is CCOc1ccc2c(c1)OC(C)(C)N=C2OS(=O)(=O)C(F)(F)F. The van der Waals surface area contributed by atoms with Crippen molar-refractivity contribution in [3.63, 3.8) is 0 Å². The smallest absolute Gasteiger partial charge is 0.494 e. The molecule has 0 saturated heterocycles. The summed E-state index contributed by atoms with van der Waals surface area (Å²) in [7, 11) is -5.83. The number of benzene rings is 1. The van der Waals surface area contributed by atoms with E-state index in [0.29, 0.717) is 12.4 Å². The van der Waals surface area contributed by atoms with E-state index in [2.05, 4.69) is 9.18 Å². The molecule has 0 atom stereocenters. The Kier molecular flexibility index (Phi) is 4.22. The second-order valence-electron chi connectivity index (χ2n) is 5.04. The van der Waals surface area contributed by atoms with Crippen LogP contribution in [0.2, 0.25) is 0 Å². The molecule has 0 N–H and O–H groups in total. The molecular weight excluding hydrogens is 339 g/mol. The summed E-state index contributed by atoms with van der Waals surface area (Å²) in [5, 5.41) is 0. The predicted molar refractivity (Wildman–Crippen MR) is 74.9 cm³/mol. The van der Waals surface area contributed by atoms with Gasteiger partial charge < -0.3 is 13.7 Å². The molecule has 0 bridgehead atoms. The lowest BCUT2D eigenvalue weighted by Crippen LogP contribution is -2.36. The highest BCUT2D eigenvalue weighted by Crippen LogP contribution is 2.35. The van der Waals surface area contributed by atoms with Crippen molar-refractivity contribution in [2.45, 2.75) is 32.0 Å². The van der Waals surface area contributed by atoms with Gasteiger partial charge in [-0.2, -0.15) is 21.6 Å². The molecule has 0 unspecified atom stereocenters. The fraction of sp³-hybridized carbons (Fsp3) is 0.462. The highest BCUT2D eigenvalue weighted by atomic mass is 32.2. The maximum Gasteiger partial charge on any atom is 0.534 e. The van der Waals surface area contributed by atoms with E-state index in [1.165, 1.54) is 32.0 Å². The van der Waals surface area contributed by atoms with Gasteiger partial charge in [-0.05, 0) is 32.9 Å². The van der Waals surface area contributed by atoms with Crippen LogP contribution >= 0.6 is 0 Å². The third-order valence-electron chi connectivity index (χ3n) is 2.70. The van der Waals surface area contributed by atoms with Crippen molar-refractivity contribution in [2.24, 2.45) is 4.99 Å². The van der Waals surface area contributed by atoms with E-state index in [0.717, 1.165) is 0 Å². The van der Waals surface area contributed by atoms with Crippen molar-refractivity contribution in [2.75, 3.05) is 6.61 Å². The Balaban J connectivity index is 2.46. The van der Waals surface area contributed by atoms with Crippen molar-refractivity contribution in [1.29, 1.82) is 0 Å². The first-order valence-electron chi connectivity index (χ1n) is 6.52. The fourth-order valence-corrected chi connectivity index (χ4v) is 2.26. The van der Waals surface area contributed by atoms with E-state index >= 15 is 0 Å². The number of hydrogen-bond acceptors (Lipinski definition) is 6. The summed E-state index contributed by atoms with van der Waals surface area (Å²) >= 11 is 0. The molecule has 1 aliphatic heterocycles. The summed E-state index contributed by atoms with van der Waals surface area (Å²) < 4.78 is 74.9. The van der Waals surface area contributed by atoms with Gasteiger partial charge in [0.15, 0.2) is 5.72 Å². The molecule has 128 valence electrons. The van der Waals surface area contributed by atoms with Crippen LogP contribution in [0.5, 0.6) is 11.5 Å². The molecule has 0 spiro atoms. The largest absolute Gasteiger partial charge is 0.534 e. The van der Waals surface area contributed by atoms with Crippen LogP contribution in [0.4, 0.5) is 13.2 Å².